The molecule has 0 fully saturated rings. The van der Waals surface area contributed by atoms with Gasteiger partial charge >= 0.3 is 0 Å². The Balaban J connectivity index is 1.58. The number of aromatic nitrogens is 4. The van der Waals surface area contributed by atoms with Crippen LogP contribution in [-0.2, 0) is 22.3 Å². The number of fused-ring (bicyclic) bond motifs is 1. The Morgan fingerprint density at radius 3 is 2.33 bits per heavy atom. The van der Waals surface area contributed by atoms with Crippen molar-refractivity contribution in [2.24, 2.45) is 0 Å². The van der Waals surface area contributed by atoms with Crippen molar-refractivity contribution in [3.63, 3.8) is 0 Å². The Hall–Kier alpha value is -3.11. The van der Waals surface area contributed by atoms with Crippen molar-refractivity contribution in [1.82, 2.24) is 19.5 Å². The molecule has 4 aromatic rings. The standard InChI is InChI=1S/C23H25N5O3S2/c1-5-28-21-11-6-17(27-33(29,30)19-9-7-18(31-4)8-10-19)13-20(21)26-22(28)14-32-23-24-15(2)12-16(3)25-23/h6-13,27H,5,14H2,1-4H3. The molecule has 0 unspecified atom stereocenters. The van der Waals surface area contributed by atoms with Gasteiger partial charge in [0.2, 0.25) is 0 Å². The molecule has 8 nitrogen and oxygen atoms in total. The lowest BCUT2D eigenvalue weighted by molar-refractivity contribution is 0.414. The van der Waals surface area contributed by atoms with Crippen LogP contribution in [0.5, 0.6) is 5.75 Å². The molecule has 0 radical (unpaired) electrons. The van der Waals surface area contributed by atoms with Crippen molar-refractivity contribution in [1.29, 1.82) is 0 Å². The van der Waals surface area contributed by atoms with Gasteiger partial charge in [0.1, 0.15) is 11.6 Å². The summed E-state index contributed by atoms with van der Waals surface area (Å²) < 4.78 is 35.4. The van der Waals surface area contributed by atoms with E-state index in [2.05, 4.69) is 26.2 Å². The van der Waals surface area contributed by atoms with E-state index in [0.29, 0.717) is 17.2 Å². The number of sulfonamides is 1. The van der Waals surface area contributed by atoms with Crippen LogP contribution in [0.4, 0.5) is 5.69 Å². The van der Waals surface area contributed by atoms with E-state index in [1.54, 1.807) is 24.3 Å². The average Bonchev–Trinajstić information content (AvgIpc) is 3.13. The summed E-state index contributed by atoms with van der Waals surface area (Å²) in [5.74, 6) is 2.09. The molecule has 2 aromatic heterocycles. The highest BCUT2D eigenvalue weighted by Gasteiger charge is 2.16. The van der Waals surface area contributed by atoms with Gasteiger partial charge in [-0.05, 0) is 69.3 Å². The number of rotatable bonds is 8. The zero-order chi connectivity index (χ0) is 23.6. The number of nitrogens with zero attached hydrogens (tertiary/aromatic N) is 4. The number of methoxy groups -OCH3 is 1. The van der Waals surface area contributed by atoms with Crippen LogP contribution >= 0.6 is 11.8 Å². The number of thioether (sulfide) groups is 1. The largest absolute Gasteiger partial charge is 0.497 e. The molecule has 172 valence electrons. The minimum absolute atomic E-state index is 0.160. The van der Waals surface area contributed by atoms with Crippen molar-refractivity contribution in [2.45, 2.75) is 43.1 Å². The zero-order valence-corrected chi connectivity index (χ0v) is 20.5. The lowest BCUT2D eigenvalue weighted by Gasteiger charge is -2.09. The third-order valence-corrected chi connectivity index (χ3v) is 7.30. The Labute approximate surface area is 197 Å². The predicted molar refractivity (Wildman–Crippen MR) is 130 cm³/mol. The van der Waals surface area contributed by atoms with E-state index in [4.69, 9.17) is 9.72 Å². The molecule has 4 rings (SSSR count). The summed E-state index contributed by atoms with van der Waals surface area (Å²) in [5, 5.41) is 0.718. The molecule has 0 bridgehead atoms. The fourth-order valence-electron chi connectivity index (χ4n) is 3.56. The van der Waals surface area contributed by atoms with E-state index >= 15 is 0 Å². The molecule has 0 saturated carbocycles. The van der Waals surface area contributed by atoms with Crippen LogP contribution in [0, 0.1) is 13.8 Å². The quantitative estimate of drug-likeness (QED) is 0.290. The molecule has 0 aliphatic heterocycles. The van der Waals surface area contributed by atoms with Gasteiger partial charge in [0.05, 0.1) is 34.5 Å². The maximum atomic E-state index is 12.8. The molecule has 10 heteroatoms. The lowest BCUT2D eigenvalue weighted by Crippen LogP contribution is -2.12. The Bertz CT molecular complexity index is 1380. The van der Waals surface area contributed by atoms with Crippen molar-refractivity contribution < 1.29 is 13.2 Å². The maximum absolute atomic E-state index is 12.8. The molecule has 0 atom stereocenters. The van der Waals surface area contributed by atoms with Crippen LogP contribution < -0.4 is 9.46 Å². The molecule has 0 amide bonds. The second-order valence-electron chi connectivity index (χ2n) is 7.48. The molecular weight excluding hydrogens is 458 g/mol. The first kappa shape index (κ1) is 23.1. The number of anilines is 1. The fourth-order valence-corrected chi connectivity index (χ4v) is 5.51. The van der Waals surface area contributed by atoms with E-state index in [0.717, 1.165) is 39.9 Å². The third-order valence-electron chi connectivity index (χ3n) is 5.06. The molecule has 0 aliphatic rings. The van der Waals surface area contributed by atoms with E-state index in [9.17, 15) is 8.42 Å². The number of nitrogens with one attached hydrogen (secondary N) is 1. The number of benzene rings is 2. The lowest BCUT2D eigenvalue weighted by atomic mass is 10.3. The van der Waals surface area contributed by atoms with E-state index < -0.39 is 10.0 Å². The monoisotopic (exact) mass is 483 g/mol. The minimum Gasteiger partial charge on any atom is -0.497 e. The molecule has 2 aromatic carbocycles. The normalized spacial score (nSPS) is 11.6. The van der Waals surface area contributed by atoms with Gasteiger partial charge in [-0.3, -0.25) is 4.72 Å². The number of ether oxygens (including phenoxy) is 1. The van der Waals surface area contributed by atoms with Crippen LogP contribution in [0.25, 0.3) is 11.0 Å². The minimum atomic E-state index is -3.73. The van der Waals surface area contributed by atoms with Crippen molar-refractivity contribution in [2.75, 3.05) is 11.8 Å². The van der Waals surface area contributed by atoms with Gasteiger partial charge in [-0.15, -0.1) is 0 Å². The van der Waals surface area contributed by atoms with Gasteiger partial charge in [-0.1, -0.05) is 11.8 Å². The SMILES string of the molecule is CCn1c(CSc2nc(C)cc(C)n2)nc2cc(NS(=O)(=O)c3ccc(OC)cc3)ccc21. The Morgan fingerprint density at radius 2 is 1.70 bits per heavy atom. The van der Waals surface area contributed by atoms with E-state index in [1.807, 2.05) is 26.0 Å². The third kappa shape index (κ3) is 5.12. The summed E-state index contributed by atoms with van der Waals surface area (Å²) in [7, 11) is -2.20. The molecule has 0 saturated heterocycles. The van der Waals surface area contributed by atoms with Gasteiger partial charge in [-0.2, -0.15) is 0 Å². The molecule has 0 aliphatic carbocycles. The predicted octanol–water partition coefficient (Wildman–Crippen LogP) is 4.56. The molecular formula is C23H25N5O3S2. The first-order valence-corrected chi connectivity index (χ1v) is 12.9. The van der Waals surface area contributed by atoms with Crippen molar-refractivity contribution >= 4 is 38.5 Å². The Morgan fingerprint density at radius 1 is 1.00 bits per heavy atom. The summed E-state index contributed by atoms with van der Waals surface area (Å²) in [6, 6.07) is 13.6. The van der Waals surface area contributed by atoms with Crippen LogP contribution in [0.1, 0.15) is 24.1 Å². The summed E-state index contributed by atoms with van der Waals surface area (Å²) in [5.41, 5.74) is 3.99. The van der Waals surface area contributed by atoms with Crippen molar-refractivity contribution in [3.8, 4) is 5.75 Å². The molecule has 1 N–H and O–H groups in total. The maximum Gasteiger partial charge on any atom is 0.261 e. The Kier molecular flexibility index (Phi) is 6.57. The van der Waals surface area contributed by atoms with Crippen molar-refractivity contribution in [3.05, 3.63) is 65.7 Å². The highest BCUT2D eigenvalue weighted by atomic mass is 32.2. The molecule has 0 spiro atoms. The van der Waals surface area contributed by atoms with Crippen LogP contribution in [-0.4, -0.2) is 35.0 Å². The van der Waals surface area contributed by atoms with Crippen LogP contribution in [0.3, 0.4) is 0 Å². The number of hydrogen-bond donors (Lipinski definition) is 1. The van der Waals surface area contributed by atoms with E-state index in [-0.39, 0.29) is 4.90 Å². The first-order chi connectivity index (χ1) is 15.8. The average molecular weight is 484 g/mol. The fraction of sp³-hybridized carbons (Fsp3) is 0.261. The second-order valence-corrected chi connectivity index (χ2v) is 10.1. The summed E-state index contributed by atoms with van der Waals surface area (Å²) in [6.07, 6.45) is 0. The zero-order valence-electron chi connectivity index (χ0n) is 18.9. The van der Waals surface area contributed by atoms with Gasteiger partial charge in [0.15, 0.2) is 5.16 Å². The number of imidazole rings is 1. The summed E-state index contributed by atoms with van der Waals surface area (Å²) in [4.78, 5) is 13.9. The summed E-state index contributed by atoms with van der Waals surface area (Å²) in [6.45, 7) is 6.71. The highest BCUT2D eigenvalue weighted by molar-refractivity contribution is 7.98. The van der Waals surface area contributed by atoms with E-state index in [1.165, 1.54) is 31.0 Å². The highest BCUT2D eigenvalue weighted by Crippen LogP contribution is 2.26. The molecule has 2 heterocycles. The van der Waals surface area contributed by atoms with Gasteiger partial charge in [0, 0.05) is 17.9 Å². The topological polar surface area (TPSA) is 99.0 Å². The second kappa shape index (κ2) is 9.40. The number of hydrogen-bond acceptors (Lipinski definition) is 7. The van der Waals surface area contributed by atoms with Gasteiger partial charge in [-0.25, -0.2) is 23.4 Å². The smallest absolute Gasteiger partial charge is 0.261 e. The summed E-state index contributed by atoms with van der Waals surface area (Å²) >= 11 is 1.53. The van der Waals surface area contributed by atoms with Gasteiger partial charge < -0.3 is 9.30 Å². The van der Waals surface area contributed by atoms with Crippen LogP contribution in [0.2, 0.25) is 0 Å². The molecule has 33 heavy (non-hydrogen) atoms. The first-order valence-electron chi connectivity index (χ1n) is 10.4. The van der Waals surface area contributed by atoms with Gasteiger partial charge in [0.25, 0.3) is 10.0 Å². The van der Waals surface area contributed by atoms with Crippen LogP contribution in [0.15, 0.2) is 58.6 Å². The number of aryl methyl sites for hydroxylation is 3.